The maximum Gasteiger partial charge on any atom is 0.162 e. The molecule has 0 atom stereocenters. The van der Waals surface area contributed by atoms with E-state index in [1.54, 1.807) is 6.20 Å². The molecule has 1 aliphatic carbocycles. The standard InChI is InChI=1S/C22H17N2.C13H24O2.Ir/c1-13-7-8-15-14(11-13)12-24-21-16-9-10-23-18-6-4-5-17(19(16)18)22(2,3)20(15)21;1-5-10(6-2)12(14)9-13(15)11(7-3)8-4;/h4-8,10-12H,1-3H3;9-11,14H,5-8H2,1-4H3;/q-1;;/b;12-9-;. The van der Waals surface area contributed by atoms with Gasteiger partial charge in [-0.2, -0.15) is 11.6 Å². The van der Waals surface area contributed by atoms with Gasteiger partial charge in [0, 0.05) is 49.7 Å². The van der Waals surface area contributed by atoms with Crippen molar-refractivity contribution in [3.63, 3.8) is 0 Å². The Kier molecular flexibility index (Phi) is 10.4. The molecular formula is C35H41IrN2O2-. The summed E-state index contributed by atoms with van der Waals surface area (Å²) >= 11 is 0. The first kappa shape index (κ1) is 31.6. The molecule has 40 heavy (non-hydrogen) atoms. The third-order valence-corrected chi connectivity index (χ3v) is 8.37. The number of hydrogen-bond acceptors (Lipinski definition) is 4. The van der Waals surface area contributed by atoms with Gasteiger partial charge in [-0.1, -0.05) is 87.9 Å². The van der Waals surface area contributed by atoms with Crippen molar-refractivity contribution in [2.45, 2.75) is 79.6 Å². The van der Waals surface area contributed by atoms with Crippen LogP contribution in [0.2, 0.25) is 0 Å². The number of carbonyl (C=O) groups is 1. The first-order valence-electron chi connectivity index (χ1n) is 14.3. The van der Waals surface area contributed by atoms with Crippen LogP contribution in [-0.4, -0.2) is 20.9 Å². The summed E-state index contributed by atoms with van der Waals surface area (Å²) in [6.07, 6.45) is 8.67. The number of aliphatic hydroxyl groups excluding tert-OH is 1. The fourth-order valence-electron chi connectivity index (χ4n) is 5.94. The predicted molar refractivity (Wildman–Crippen MR) is 162 cm³/mol. The summed E-state index contributed by atoms with van der Waals surface area (Å²) in [4.78, 5) is 21.1. The third kappa shape index (κ3) is 5.92. The van der Waals surface area contributed by atoms with Gasteiger partial charge in [-0.25, -0.2) is 0 Å². The molecule has 213 valence electrons. The fourth-order valence-corrected chi connectivity index (χ4v) is 5.94. The SMILES string of the molecule is CCC(CC)C(=O)/C=C(\O)C(CC)CC.Cc1ccc2c3c(ncc2c1)-c1[c-]cnc2cccc(c12)C3(C)C.[Ir]. The topological polar surface area (TPSA) is 63.1 Å². The van der Waals surface area contributed by atoms with Crippen molar-refractivity contribution in [3.05, 3.63) is 83.4 Å². The average molecular weight is 714 g/mol. The van der Waals surface area contributed by atoms with E-state index in [-0.39, 0.29) is 48.9 Å². The van der Waals surface area contributed by atoms with Gasteiger partial charge in [0.1, 0.15) is 0 Å². The number of aryl methyl sites for hydroxylation is 1. The van der Waals surface area contributed by atoms with E-state index in [1.807, 2.05) is 33.9 Å². The molecule has 0 aliphatic heterocycles. The second kappa shape index (κ2) is 13.2. The zero-order valence-electron chi connectivity index (χ0n) is 24.8. The van der Waals surface area contributed by atoms with Gasteiger partial charge >= 0.3 is 0 Å². The van der Waals surface area contributed by atoms with Crippen LogP contribution in [0.25, 0.3) is 32.9 Å². The van der Waals surface area contributed by atoms with E-state index >= 15 is 0 Å². The van der Waals surface area contributed by atoms with Gasteiger partial charge in [-0.15, -0.1) is 0 Å². The van der Waals surface area contributed by atoms with Crippen LogP contribution in [0.15, 0.2) is 60.6 Å². The molecule has 2 aromatic heterocycles. The summed E-state index contributed by atoms with van der Waals surface area (Å²) in [6.45, 7) is 14.8. The van der Waals surface area contributed by atoms with Gasteiger partial charge in [0.05, 0.1) is 5.76 Å². The van der Waals surface area contributed by atoms with Crippen molar-refractivity contribution in [2.24, 2.45) is 11.8 Å². The number of aliphatic hydroxyl groups is 1. The summed E-state index contributed by atoms with van der Waals surface area (Å²) in [5.74, 6) is 0.547. The molecule has 0 spiro atoms. The van der Waals surface area contributed by atoms with Crippen LogP contribution in [0.3, 0.4) is 0 Å². The van der Waals surface area contributed by atoms with Crippen LogP contribution in [0.4, 0.5) is 0 Å². The Bertz CT molecular complexity index is 1530. The Morgan fingerprint density at radius 1 is 1.00 bits per heavy atom. The quantitative estimate of drug-likeness (QED) is 0.118. The molecule has 1 N–H and O–H groups in total. The zero-order chi connectivity index (χ0) is 28.3. The summed E-state index contributed by atoms with van der Waals surface area (Å²) in [5.41, 5.74) is 6.88. The molecule has 2 aromatic carbocycles. The maximum absolute atomic E-state index is 11.7. The van der Waals surface area contributed by atoms with E-state index in [4.69, 9.17) is 4.98 Å². The molecule has 2 heterocycles. The Labute approximate surface area is 252 Å². The monoisotopic (exact) mass is 714 g/mol. The molecule has 1 aliphatic rings. The molecule has 5 heteroatoms. The molecule has 0 unspecified atom stereocenters. The maximum atomic E-state index is 11.7. The molecule has 0 fully saturated rings. The first-order valence-corrected chi connectivity index (χ1v) is 14.3. The summed E-state index contributed by atoms with van der Waals surface area (Å²) < 4.78 is 0. The third-order valence-electron chi connectivity index (χ3n) is 8.37. The van der Waals surface area contributed by atoms with Crippen molar-refractivity contribution in [3.8, 4) is 11.3 Å². The number of rotatable bonds is 7. The van der Waals surface area contributed by atoms with Crippen molar-refractivity contribution >= 4 is 27.5 Å². The number of pyridine rings is 2. The number of fused-ring (bicyclic) bond motifs is 4. The van der Waals surface area contributed by atoms with E-state index in [2.05, 4.69) is 68.2 Å². The molecule has 0 saturated carbocycles. The molecule has 5 rings (SSSR count). The first-order chi connectivity index (χ1) is 18.7. The average Bonchev–Trinajstić information content (AvgIpc) is 2.92. The van der Waals surface area contributed by atoms with Gasteiger partial charge in [-0.05, 0) is 72.8 Å². The molecule has 4 aromatic rings. The van der Waals surface area contributed by atoms with Crippen LogP contribution in [-0.2, 0) is 30.3 Å². The zero-order valence-corrected chi connectivity index (χ0v) is 27.2. The van der Waals surface area contributed by atoms with Crippen LogP contribution in [0, 0.1) is 24.8 Å². The second-order valence-corrected chi connectivity index (χ2v) is 11.2. The number of nitrogens with zero attached hydrogens (tertiary/aromatic N) is 2. The van der Waals surface area contributed by atoms with Gasteiger partial charge in [0.15, 0.2) is 5.78 Å². The van der Waals surface area contributed by atoms with E-state index in [1.165, 1.54) is 38.9 Å². The molecule has 0 amide bonds. The van der Waals surface area contributed by atoms with Crippen LogP contribution in [0.1, 0.15) is 83.9 Å². The molecular weight excluding hydrogens is 673 g/mol. The number of hydrogen-bond donors (Lipinski definition) is 1. The van der Waals surface area contributed by atoms with E-state index in [9.17, 15) is 9.90 Å². The van der Waals surface area contributed by atoms with Crippen molar-refractivity contribution < 1.29 is 30.0 Å². The fraction of sp³-hybridized carbons (Fsp3) is 0.400. The Morgan fingerprint density at radius 2 is 1.68 bits per heavy atom. The smallest absolute Gasteiger partial charge is 0.162 e. The van der Waals surface area contributed by atoms with Crippen molar-refractivity contribution in [2.75, 3.05) is 0 Å². The summed E-state index contributed by atoms with van der Waals surface area (Å²) in [7, 11) is 0. The Balaban J connectivity index is 0.000000243. The van der Waals surface area contributed by atoms with E-state index in [0.717, 1.165) is 42.5 Å². The molecule has 0 bridgehead atoms. The van der Waals surface area contributed by atoms with E-state index in [0.29, 0.717) is 0 Å². The number of carbonyl (C=O) groups excluding carboxylic acids is 1. The van der Waals surface area contributed by atoms with Gasteiger partial charge in [0.25, 0.3) is 0 Å². The number of allylic oxidation sites excluding steroid dienone is 2. The Hall–Kier alpha value is -2.88. The predicted octanol–water partition coefficient (Wildman–Crippen LogP) is 9.07. The number of ketones is 1. The van der Waals surface area contributed by atoms with Gasteiger partial charge in [-0.3, -0.25) is 9.78 Å². The number of aromatic nitrogens is 2. The minimum absolute atomic E-state index is 0. The van der Waals surface area contributed by atoms with Crippen molar-refractivity contribution in [1.29, 1.82) is 0 Å². The normalized spacial score (nSPS) is 13.6. The van der Waals surface area contributed by atoms with Crippen LogP contribution < -0.4 is 0 Å². The number of benzene rings is 2. The minimum atomic E-state index is -0.125. The Morgan fingerprint density at radius 3 is 2.33 bits per heavy atom. The molecule has 1 radical (unpaired) electrons. The largest absolute Gasteiger partial charge is 0.512 e. The molecule has 4 nitrogen and oxygen atoms in total. The summed E-state index contributed by atoms with van der Waals surface area (Å²) in [6, 6.07) is 16.4. The summed E-state index contributed by atoms with van der Waals surface area (Å²) in [5, 5.41) is 13.4. The molecule has 0 saturated heterocycles. The van der Waals surface area contributed by atoms with Gasteiger partial charge < -0.3 is 10.1 Å². The van der Waals surface area contributed by atoms with Crippen LogP contribution in [0.5, 0.6) is 0 Å². The second-order valence-electron chi connectivity index (χ2n) is 11.2. The van der Waals surface area contributed by atoms with Gasteiger partial charge in [0.2, 0.25) is 0 Å². The van der Waals surface area contributed by atoms with E-state index < -0.39 is 0 Å². The van der Waals surface area contributed by atoms with Crippen LogP contribution >= 0.6 is 0 Å². The van der Waals surface area contributed by atoms with Crippen molar-refractivity contribution in [1.82, 2.24) is 9.97 Å². The minimum Gasteiger partial charge on any atom is -0.512 e.